The molecule has 0 unspecified atom stereocenters. The standard InChI is InChI=1S/C24H29Cl2N3O4S/c1-17-22(8-7-21(25)23(17)26)33-20-11-13-28(14-12-20)19-9-15-29(16-10-19)34(31,32)27-24(30)18-5-3-2-4-6-18/h2-8,19-20H,9-16H2,1H3,(H,27,30). The Morgan fingerprint density at radius 3 is 2.26 bits per heavy atom. The molecule has 2 aromatic rings. The Hall–Kier alpha value is -1.84. The van der Waals surface area contributed by atoms with Gasteiger partial charge in [-0.3, -0.25) is 4.79 Å². The van der Waals surface area contributed by atoms with E-state index in [-0.39, 0.29) is 6.10 Å². The van der Waals surface area contributed by atoms with E-state index in [1.165, 1.54) is 4.31 Å². The summed E-state index contributed by atoms with van der Waals surface area (Å²) in [5.41, 5.74) is 1.17. The number of benzene rings is 2. The Morgan fingerprint density at radius 2 is 1.62 bits per heavy atom. The predicted molar refractivity (Wildman–Crippen MR) is 134 cm³/mol. The van der Waals surface area contributed by atoms with Gasteiger partial charge in [0.2, 0.25) is 0 Å². The number of amides is 1. The highest BCUT2D eigenvalue weighted by Crippen LogP contribution is 2.34. The van der Waals surface area contributed by atoms with Crippen LogP contribution in [0.4, 0.5) is 0 Å². The predicted octanol–water partition coefficient (Wildman–Crippen LogP) is 4.28. The highest BCUT2D eigenvalue weighted by atomic mass is 35.5. The van der Waals surface area contributed by atoms with Crippen LogP contribution in [0.2, 0.25) is 10.0 Å². The monoisotopic (exact) mass is 525 g/mol. The van der Waals surface area contributed by atoms with Crippen molar-refractivity contribution in [2.75, 3.05) is 26.2 Å². The van der Waals surface area contributed by atoms with Gasteiger partial charge in [0.25, 0.3) is 5.91 Å². The SMILES string of the molecule is Cc1c(OC2CCN(C3CCN(S(=O)(=O)NC(=O)c4ccccc4)CC3)CC2)ccc(Cl)c1Cl. The average molecular weight is 526 g/mol. The summed E-state index contributed by atoms with van der Waals surface area (Å²) in [5, 5.41) is 1.05. The van der Waals surface area contributed by atoms with E-state index in [4.69, 9.17) is 27.9 Å². The number of nitrogens with zero attached hydrogens (tertiary/aromatic N) is 2. The van der Waals surface area contributed by atoms with Gasteiger partial charge in [0, 0.05) is 43.3 Å². The lowest BCUT2D eigenvalue weighted by Crippen LogP contribution is -2.52. The third-order valence-electron chi connectivity index (χ3n) is 6.60. The van der Waals surface area contributed by atoms with Crippen molar-refractivity contribution >= 4 is 39.3 Å². The lowest BCUT2D eigenvalue weighted by molar-refractivity contribution is 0.0581. The van der Waals surface area contributed by atoms with Gasteiger partial charge in [-0.15, -0.1) is 0 Å². The van der Waals surface area contributed by atoms with E-state index in [0.717, 1.165) is 50.1 Å². The molecule has 0 aliphatic carbocycles. The van der Waals surface area contributed by atoms with Gasteiger partial charge in [0.1, 0.15) is 11.9 Å². The molecule has 0 bridgehead atoms. The molecule has 2 heterocycles. The van der Waals surface area contributed by atoms with Crippen molar-refractivity contribution in [1.82, 2.24) is 13.9 Å². The fourth-order valence-corrected chi connectivity index (χ4v) is 6.11. The van der Waals surface area contributed by atoms with E-state index in [1.54, 1.807) is 36.4 Å². The van der Waals surface area contributed by atoms with E-state index in [9.17, 15) is 13.2 Å². The molecule has 1 amide bonds. The van der Waals surface area contributed by atoms with Gasteiger partial charge in [0.05, 0.1) is 10.0 Å². The highest BCUT2D eigenvalue weighted by molar-refractivity contribution is 7.87. The van der Waals surface area contributed by atoms with Crippen molar-refractivity contribution < 1.29 is 17.9 Å². The molecule has 34 heavy (non-hydrogen) atoms. The second-order valence-electron chi connectivity index (χ2n) is 8.77. The summed E-state index contributed by atoms with van der Waals surface area (Å²) in [5.74, 6) is 0.158. The van der Waals surface area contributed by atoms with Gasteiger partial charge in [-0.25, -0.2) is 4.72 Å². The number of halogens is 2. The topological polar surface area (TPSA) is 79.0 Å². The maximum Gasteiger partial charge on any atom is 0.304 e. The number of carbonyl (C=O) groups excluding carboxylic acids is 1. The second kappa shape index (κ2) is 10.8. The van der Waals surface area contributed by atoms with Crippen LogP contribution in [0.5, 0.6) is 5.75 Å². The van der Waals surface area contributed by atoms with Crippen LogP contribution < -0.4 is 9.46 Å². The Kier molecular flexibility index (Phi) is 8.05. The number of hydrogen-bond donors (Lipinski definition) is 1. The van der Waals surface area contributed by atoms with Crippen molar-refractivity contribution in [1.29, 1.82) is 0 Å². The minimum atomic E-state index is -3.86. The van der Waals surface area contributed by atoms with Gasteiger partial charge in [-0.05, 0) is 56.9 Å². The molecule has 0 aromatic heterocycles. The first-order valence-corrected chi connectivity index (χ1v) is 13.7. The Balaban J connectivity index is 1.25. The van der Waals surface area contributed by atoms with Crippen molar-refractivity contribution in [3.05, 3.63) is 63.6 Å². The summed E-state index contributed by atoms with van der Waals surface area (Å²) in [7, 11) is -3.86. The number of ether oxygens (including phenoxy) is 1. The van der Waals surface area contributed by atoms with Gasteiger partial charge in [-0.1, -0.05) is 41.4 Å². The summed E-state index contributed by atoms with van der Waals surface area (Å²) in [6, 6.07) is 12.3. The molecule has 2 saturated heterocycles. The first-order chi connectivity index (χ1) is 16.2. The molecule has 2 aliphatic heterocycles. The van der Waals surface area contributed by atoms with E-state index in [2.05, 4.69) is 9.62 Å². The number of rotatable bonds is 6. The van der Waals surface area contributed by atoms with Crippen LogP contribution in [-0.4, -0.2) is 61.9 Å². The lowest BCUT2D eigenvalue weighted by Gasteiger charge is -2.41. The molecule has 1 N–H and O–H groups in total. The number of likely N-dealkylation sites (tertiary alicyclic amines) is 1. The van der Waals surface area contributed by atoms with Gasteiger partial charge < -0.3 is 9.64 Å². The van der Waals surface area contributed by atoms with E-state index >= 15 is 0 Å². The van der Waals surface area contributed by atoms with Crippen LogP contribution >= 0.6 is 23.2 Å². The molecule has 0 saturated carbocycles. The number of piperidine rings is 2. The first-order valence-electron chi connectivity index (χ1n) is 11.5. The Labute approximate surface area is 211 Å². The molecular formula is C24H29Cl2N3O4S. The van der Waals surface area contributed by atoms with E-state index in [0.29, 0.717) is 34.7 Å². The summed E-state index contributed by atoms with van der Waals surface area (Å²) in [4.78, 5) is 14.7. The molecule has 7 nitrogen and oxygen atoms in total. The van der Waals surface area contributed by atoms with Crippen LogP contribution in [0, 0.1) is 6.92 Å². The van der Waals surface area contributed by atoms with Crippen molar-refractivity contribution in [3.63, 3.8) is 0 Å². The van der Waals surface area contributed by atoms with Gasteiger partial charge in [0.15, 0.2) is 0 Å². The zero-order chi connectivity index (χ0) is 24.3. The van der Waals surface area contributed by atoms with E-state index in [1.807, 2.05) is 13.0 Å². The second-order valence-corrected chi connectivity index (χ2v) is 11.2. The lowest BCUT2D eigenvalue weighted by atomic mass is 10.00. The molecule has 4 rings (SSSR count). The normalized spacial score (nSPS) is 19.1. The summed E-state index contributed by atoms with van der Waals surface area (Å²) >= 11 is 12.3. The molecular weight excluding hydrogens is 497 g/mol. The molecule has 2 aromatic carbocycles. The van der Waals surface area contributed by atoms with E-state index < -0.39 is 16.1 Å². The average Bonchev–Trinajstić information content (AvgIpc) is 2.85. The van der Waals surface area contributed by atoms with Crippen molar-refractivity contribution in [3.8, 4) is 5.75 Å². The Morgan fingerprint density at radius 1 is 0.971 bits per heavy atom. The number of carbonyl (C=O) groups is 1. The molecule has 10 heteroatoms. The molecule has 0 atom stereocenters. The maximum atomic E-state index is 12.7. The molecule has 184 valence electrons. The molecule has 2 aliphatic rings. The van der Waals surface area contributed by atoms with Gasteiger partial charge in [-0.2, -0.15) is 12.7 Å². The van der Waals surface area contributed by atoms with Gasteiger partial charge >= 0.3 is 10.2 Å². The summed E-state index contributed by atoms with van der Waals surface area (Å²) < 4.78 is 35.1. The van der Waals surface area contributed by atoms with Crippen LogP contribution in [-0.2, 0) is 10.2 Å². The zero-order valence-corrected chi connectivity index (χ0v) is 21.4. The third kappa shape index (κ3) is 5.86. The molecule has 0 radical (unpaired) electrons. The maximum absolute atomic E-state index is 12.7. The largest absolute Gasteiger partial charge is 0.490 e. The Bertz CT molecular complexity index is 1110. The van der Waals surface area contributed by atoms with Crippen molar-refractivity contribution in [2.45, 2.75) is 44.8 Å². The number of hydrogen-bond acceptors (Lipinski definition) is 5. The zero-order valence-electron chi connectivity index (χ0n) is 19.0. The van der Waals surface area contributed by atoms with Crippen LogP contribution in [0.1, 0.15) is 41.6 Å². The third-order valence-corrected chi connectivity index (χ3v) is 8.98. The fraction of sp³-hybridized carbons (Fsp3) is 0.458. The molecule has 2 fully saturated rings. The summed E-state index contributed by atoms with van der Waals surface area (Å²) in [6.07, 6.45) is 3.37. The fourth-order valence-electron chi connectivity index (χ4n) is 4.58. The minimum Gasteiger partial charge on any atom is -0.490 e. The molecule has 0 spiro atoms. The van der Waals surface area contributed by atoms with Crippen molar-refractivity contribution in [2.24, 2.45) is 0 Å². The highest BCUT2D eigenvalue weighted by Gasteiger charge is 2.33. The first kappa shape index (κ1) is 25.3. The smallest absolute Gasteiger partial charge is 0.304 e. The minimum absolute atomic E-state index is 0.112. The quantitative estimate of drug-likeness (QED) is 0.608. The summed E-state index contributed by atoms with van der Waals surface area (Å²) in [6.45, 7) is 4.48. The number of nitrogens with one attached hydrogen (secondary N) is 1. The van der Waals surface area contributed by atoms with Crippen LogP contribution in [0.15, 0.2) is 42.5 Å². The van der Waals surface area contributed by atoms with Crippen LogP contribution in [0.3, 0.4) is 0 Å². The van der Waals surface area contributed by atoms with Crippen LogP contribution in [0.25, 0.3) is 0 Å².